The van der Waals surface area contributed by atoms with E-state index in [1.54, 1.807) is 17.0 Å². The van der Waals surface area contributed by atoms with E-state index in [1.165, 1.54) is 24.3 Å². The minimum Gasteiger partial charge on any atom is -0.349 e. The number of H-pyrrole nitrogens is 1. The van der Waals surface area contributed by atoms with Gasteiger partial charge in [-0.05, 0) is 30.2 Å². The number of nitrogens with one attached hydrogen (secondary N) is 3. The highest BCUT2D eigenvalue weighted by Gasteiger charge is 2.28. The third-order valence-electron chi connectivity index (χ3n) is 4.10. The van der Waals surface area contributed by atoms with Crippen molar-refractivity contribution in [2.75, 3.05) is 19.6 Å². The summed E-state index contributed by atoms with van der Waals surface area (Å²) in [5.74, 6) is -0.821. The fraction of sp³-hybridized carbons (Fsp3) is 0.294. The third-order valence-corrected chi connectivity index (χ3v) is 4.10. The molecule has 1 aliphatic heterocycles. The second-order valence-corrected chi connectivity index (χ2v) is 5.93. The number of aromatic amines is 1. The van der Waals surface area contributed by atoms with E-state index < -0.39 is 11.5 Å². The van der Waals surface area contributed by atoms with Crippen molar-refractivity contribution in [3.63, 3.8) is 0 Å². The van der Waals surface area contributed by atoms with Crippen LogP contribution in [0.25, 0.3) is 0 Å². The smallest absolute Gasteiger partial charge is 0.317 e. The van der Waals surface area contributed by atoms with Crippen molar-refractivity contribution in [1.82, 2.24) is 25.7 Å². The Kier molecular flexibility index (Phi) is 5.26. The maximum Gasteiger partial charge on any atom is 0.317 e. The van der Waals surface area contributed by atoms with Crippen LogP contribution in [0.5, 0.6) is 0 Å². The number of amides is 3. The molecule has 1 atom stereocenters. The average Bonchev–Trinajstić information content (AvgIpc) is 3.05. The van der Waals surface area contributed by atoms with Crippen LogP contribution in [0.4, 0.5) is 9.18 Å². The summed E-state index contributed by atoms with van der Waals surface area (Å²) in [6.07, 6.45) is 0.393. The van der Waals surface area contributed by atoms with Crippen molar-refractivity contribution in [3.05, 3.63) is 63.8 Å². The van der Waals surface area contributed by atoms with Gasteiger partial charge in [0.25, 0.3) is 11.5 Å². The molecule has 1 fully saturated rings. The number of hydrogen-bond acceptors (Lipinski definition) is 4. The first-order valence-corrected chi connectivity index (χ1v) is 8.16. The second-order valence-electron chi connectivity index (χ2n) is 5.93. The van der Waals surface area contributed by atoms with Crippen molar-refractivity contribution in [1.29, 1.82) is 0 Å². The highest BCUT2D eigenvalue weighted by Crippen LogP contribution is 2.13. The molecule has 3 amide bonds. The highest BCUT2D eigenvalue weighted by molar-refractivity contribution is 5.92. The van der Waals surface area contributed by atoms with Gasteiger partial charge in [-0.25, -0.2) is 14.3 Å². The Balaban J connectivity index is 1.70. The van der Waals surface area contributed by atoms with Crippen LogP contribution in [0.15, 0.2) is 41.2 Å². The summed E-state index contributed by atoms with van der Waals surface area (Å²) >= 11 is 0. The van der Waals surface area contributed by atoms with Gasteiger partial charge in [0.15, 0.2) is 0 Å². The third kappa shape index (κ3) is 4.24. The lowest BCUT2D eigenvalue weighted by atomic mass is 10.0. The Bertz CT molecular complexity index is 849. The molecule has 0 radical (unpaired) electrons. The van der Waals surface area contributed by atoms with Gasteiger partial charge in [-0.15, -0.1) is 0 Å². The molecule has 1 aromatic carbocycles. The van der Waals surface area contributed by atoms with Gasteiger partial charge in [-0.3, -0.25) is 9.59 Å². The minimum absolute atomic E-state index is 0.0694. The summed E-state index contributed by atoms with van der Waals surface area (Å²) in [5.41, 5.74) is 0.394. The maximum atomic E-state index is 13.4. The second kappa shape index (κ2) is 7.77. The van der Waals surface area contributed by atoms with Gasteiger partial charge in [-0.1, -0.05) is 12.1 Å². The first-order valence-electron chi connectivity index (χ1n) is 8.16. The molecular formula is C17H18FN5O3. The van der Waals surface area contributed by atoms with E-state index in [0.29, 0.717) is 19.5 Å². The molecular weight excluding hydrogens is 341 g/mol. The summed E-state index contributed by atoms with van der Waals surface area (Å²) in [6.45, 7) is 1.20. The largest absolute Gasteiger partial charge is 0.349 e. The number of hydrogen-bond donors (Lipinski definition) is 3. The van der Waals surface area contributed by atoms with E-state index in [2.05, 4.69) is 20.8 Å². The molecule has 1 saturated heterocycles. The van der Waals surface area contributed by atoms with E-state index in [-0.39, 0.29) is 30.1 Å². The molecule has 1 aromatic heterocycles. The number of rotatable bonds is 6. The fourth-order valence-electron chi connectivity index (χ4n) is 2.84. The molecule has 0 unspecified atom stereocenters. The SMILES string of the molecule is O=C(NC[C@@H](Cc1cccc(F)c1)N1CCNC1=O)c1ccc(=O)[nH]n1. The summed E-state index contributed by atoms with van der Waals surface area (Å²) < 4.78 is 13.4. The lowest BCUT2D eigenvalue weighted by Crippen LogP contribution is -2.46. The van der Waals surface area contributed by atoms with Crippen molar-refractivity contribution in [2.45, 2.75) is 12.5 Å². The number of halogens is 1. The van der Waals surface area contributed by atoms with Crippen molar-refractivity contribution in [3.8, 4) is 0 Å². The Morgan fingerprint density at radius 3 is 2.81 bits per heavy atom. The molecule has 0 bridgehead atoms. The number of carbonyl (C=O) groups excluding carboxylic acids is 2. The zero-order chi connectivity index (χ0) is 18.5. The molecule has 2 heterocycles. The Labute approximate surface area is 148 Å². The van der Waals surface area contributed by atoms with Crippen LogP contribution in [-0.2, 0) is 6.42 Å². The Hall–Kier alpha value is -3.23. The number of benzene rings is 1. The van der Waals surface area contributed by atoms with Crippen LogP contribution < -0.4 is 16.2 Å². The molecule has 0 saturated carbocycles. The predicted molar refractivity (Wildman–Crippen MR) is 91.2 cm³/mol. The van der Waals surface area contributed by atoms with Crippen molar-refractivity contribution in [2.24, 2.45) is 0 Å². The zero-order valence-electron chi connectivity index (χ0n) is 13.9. The zero-order valence-corrected chi connectivity index (χ0v) is 13.9. The van der Waals surface area contributed by atoms with E-state index in [4.69, 9.17) is 0 Å². The molecule has 136 valence electrons. The van der Waals surface area contributed by atoms with Gasteiger partial charge >= 0.3 is 6.03 Å². The van der Waals surface area contributed by atoms with E-state index in [9.17, 15) is 18.8 Å². The monoisotopic (exact) mass is 359 g/mol. The standard InChI is InChI=1S/C17H18FN5O3/c18-12-3-1-2-11(8-12)9-13(23-7-6-19-17(23)26)10-20-16(25)14-4-5-15(24)22-21-14/h1-5,8,13H,6-7,9-10H2,(H,19,26)(H,20,25)(H,22,24)/t13-/m1/s1. The van der Waals surface area contributed by atoms with Gasteiger partial charge in [0.05, 0.1) is 6.04 Å². The van der Waals surface area contributed by atoms with Crippen LogP contribution in [0, 0.1) is 5.82 Å². The normalized spacial score (nSPS) is 14.8. The first-order chi connectivity index (χ1) is 12.5. The Morgan fingerprint density at radius 2 is 2.15 bits per heavy atom. The Morgan fingerprint density at radius 1 is 1.31 bits per heavy atom. The van der Waals surface area contributed by atoms with Crippen LogP contribution in [0.1, 0.15) is 16.1 Å². The summed E-state index contributed by atoms with van der Waals surface area (Å²) in [6, 6.07) is 8.10. The van der Waals surface area contributed by atoms with E-state index in [1.807, 2.05) is 0 Å². The van der Waals surface area contributed by atoms with Gasteiger partial charge in [0.1, 0.15) is 11.5 Å². The lowest BCUT2D eigenvalue weighted by Gasteiger charge is -2.27. The molecule has 9 heteroatoms. The molecule has 3 rings (SSSR count). The molecule has 2 aromatic rings. The van der Waals surface area contributed by atoms with Crippen LogP contribution in [-0.4, -0.2) is 52.7 Å². The highest BCUT2D eigenvalue weighted by atomic mass is 19.1. The topological polar surface area (TPSA) is 107 Å². The number of urea groups is 1. The van der Waals surface area contributed by atoms with Crippen LogP contribution in [0.2, 0.25) is 0 Å². The van der Waals surface area contributed by atoms with Gasteiger partial charge < -0.3 is 15.5 Å². The molecule has 26 heavy (non-hydrogen) atoms. The quantitative estimate of drug-likeness (QED) is 0.688. The van der Waals surface area contributed by atoms with E-state index in [0.717, 1.165) is 5.56 Å². The number of aromatic nitrogens is 2. The van der Waals surface area contributed by atoms with Crippen LogP contribution >= 0.6 is 0 Å². The molecule has 8 nitrogen and oxygen atoms in total. The first kappa shape index (κ1) is 17.6. The molecule has 1 aliphatic rings. The lowest BCUT2D eigenvalue weighted by molar-refractivity contribution is 0.0934. The number of nitrogens with zero attached hydrogens (tertiary/aromatic N) is 2. The van der Waals surface area contributed by atoms with Gasteiger partial charge in [-0.2, -0.15) is 5.10 Å². The molecule has 3 N–H and O–H groups in total. The predicted octanol–water partition coefficient (Wildman–Crippen LogP) is 0.275. The summed E-state index contributed by atoms with van der Waals surface area (Å²) in [4.78, 5) is 36.8. The van der Waals surface area contributed by atoms with Crippen molar-refractivity contribution < 1.29 is 14.0 Å². The van der Waals surface area contributed by atoms with Gasteiger partial charge in [0.2, 0.25) is 0 Å². The van der Waals surface area contributed by atoms with Crippen molar-refractivity contribution >= 4 is 11.9 Å². The minimum atomic E-state index is -0.468. The average molecular weight is 359 g/mol. The fourth-order valence-corrected chi connectivity index (χ4v) is 2.84. The molecule has 0 spiro atoms. The summed E-state index contributed by atoms with van der Waals surface area (Å²) in [7, 11) is 0. The maximum absolute atomic E-state index is 13.4. The van der Waals surface area contributed by atoms with E-state index >= 15 is 0 Å². The summed E-state index contributed by atoms with van der Waals surface area (Å²) in [5, 5.41) is 11.3. The number of carbonyl (C=O) groups is 2. The van der Waals surface area contributed by atoms with Crippen LogP contribution in [0.3, 0.4) is 0 Å². The van der Waals surface area contributed by atoms with Gasteiger partial charge in [0, 0.05) is 25.7 Å². The molecule has 0 aliphatic carbocycles.